The van der Waals surface area contributed by atoms with E-state index in [4.69, 9.17) is 0 Å². The van der Waals surface area contributed by atoms with E-state index in [2.05, 4.69) is 5.32 Å². The first-order valence-corrected chi connectivity index (χ1v) is 8.47. The van der Waals surface area contributed by atoms with Gasteiger partial charge in [0.15, 0.2) is 0 Å². The van der Waals surface area contributed by atoms with Crippen LogP contribution in [0.2, 0.25) is 0 Å². The van der Waals surface area contributed by atoms with Crippen LogP contribution in [0.3, 0.4) is 0 Å². The van der Waals surface area contributed by atoms with E-state index in [0.717, 1.165) is 23.5 Å². The number of amides is 2. The molecule has 21 heavy (non-hydrogen) atoms. The van der Waals surface area contributed by atoms with Gasteiger partial charge in [0.1, 0.15) is 5.37 Å². The highest BCUT2D eigenvalue weighted by atomic mass is 32.2. The van der Waals surface area contributed by atoms with Gasteiger partial charge in [-0.3, -0.25) is 9.59 Å². The predicted octanol–water partition coefficient (Wildman–Crippen LogP) is 3.02. The fourth-order valence-electron chi connectivity index (χ4n) is 2.61. The van der Waals surface area contributed by atoms with Crippen LogP contribution >= 0.6 is 11.8 Å². The van der Waals surface area contributed by atoms with Crippen molar-refractivity contribution in [3.63, 3.8) is 0 Å². The number of nitrogens with one attached hydrogen (secondary N) is 1. The average Bonchev–Trinajstić information content (AvgIpc) is 3.25. The maximum Gasteiger partial charge on any atom is 0.224 e. The first-order chi connectivity index (χ1) is 10.1. The maximum atomic E-state index is 12.2. The molecule has 0 aromatic heterocycles. The first kappa shape index (κ1) is 14.4. The lowest BCUT2D eigenvalue weighted by Crippen LogP contribution is -2.38. The summed E-state index contributed by atoms with van der Waals surface area (Å²) < 4.78 is 0. The largest absolute Gasteiger partial charge is 0.326 e. The molecule has 1 N–H and O–H groups in total. The van der Waals surface area contributed by atoms with E-state index in [0.29, 0.717) is 12.3 Å². The van der Waals surface area contributed by atoms with Gasteiger partial charge < -0.3 is 10.2 Å². The van der Waals surface area contributed by atoms with Crippen LogP contribution in [0.4, 0.5) is 5.69 Å². The van der Waals surface area contributed by atoms with E-state index in [9.17, 15) is 9.59 Å². The highest BCUT2D eigenvalue weighted by molar-refractivity contribution is 7.99. The van der Waals surface area contributed by atoms with Crippen molar-refractivity contribution in [1.29, 1.82) is 0 Å². The molecule has 0 radical (unpaired) electrons. The fourth-order valence-corrected chi connectivity index (χ4v) is 3.86. The van der Waals surface area contributed by atoms with Crippen LogP contribution < -0.4 is 5.32 Å². The maximum absolute atomic E-state index is 12.2. The summed E-state index contributed by atoms with van der Waals surface area (Å²) in [6.45, 7) is 2.39. The van der Waals surface area contributed by atoms with Gasteiger partial charge >= 0.3 is 0 Å². The topological polar surface area (TPSA) is 49.4 Å². The molecule has 3 rings (SSSR count). The minimum Gasteiger partial charge on any atom is -0.326 e. The highest BCUT2D eigenvalue weighted by Crippen LogP contribution is 2.41. The van der Waals surface area contributed by atoms with Crippen molar-refractivity contribution in [2.45, 2.75) is 31.6 Å². The van der Waals surface area contributed by atoms with Crippen LogP contribution in [0.5, 0.6) is 0 Å². The summed E-state index contributed by atoms with van der Waals surface area (Å²) in [5, 5.41) is 2.89. The average molecular weight is 304 g/mol. The molecule has 1 saturated heterocycles. The molecule has 1 unspecified atom stereocenters. The molecule has 2 amide bonds. The third-order valence-corrected chi connectivity index (χ3v) is 5.15. The van der Waals surface area contributed by atoms with E-state index < -0.39 is 0 Å². The third kappa shape index (κ3) is 3.59. The molecule has 2 fully saturated rings. The number of nitrogens with zero attached hydrogens (tertiary/aromatic N) is 1. The number of hydrogen-bond acceptors (Lipinski definition) is 3. The summed E-state index contributed by atoms with van der Waals surface area (Å²) >= 11 is 1.84. The smallest absolute Gasteiger partial charge is 0.224 e. The molecule has 1 heterocycles. The van der Waals surface area contributed by atoms with E-state index in [1.807, 2.05) is 40.9 Å². The molecule has 0 bridgehead atoms. The number of anilines is 1. The Hall–Kier alpha value is -1.49. The zero-order valence-corrected chi connectivity index (χ0v) is 13.0. The molecule has 0 spiro atoms. The lowest BCUT2D eigenvalue weighted by molar-refractivity contribution is -0.132. The van der Waals surface area contributed by atoms with Gasteiger partial charge in [0.2, 0.25) is 11.8 Å². The fraction of sp³-hybridized carbons (Fsp3) is 0.500. The zero-order valence-electron chi connectivity index (χ0n) is 12.2. The van der Waals surface area contributed by atoms with Crippen LogP contribution in [0, 0.1) is 5.92 Å². The van der Waals surface area contributed by atoms with Crippen LogP contribution in [0.25, 0.3) is 0 Å². The summed E-state index contributed by atoms with van der Waals surface area (Å²) in [5.74, 6) is 1.80. The Morgan fingerprint density at radius 3 is 2.67 bits per heavy atom. The van der Waals surface area contributed by atoms with Crippen molar-refractivity contribution in [1.82, 2.24) is 4.90 Å². The minimum absolute atomic E-state index is 0.0691. The standard InChI is InChI=1S/C16H20N2O2S/c1-11(19)17-14-6-4-13(5-7-14)16-18(10-12-2-3-12)15(20)8-9-21-16/h4-7,12,16H,2-3,8-10H2,1H3,(H,17,19). The molecule has 1 aromatic carbocycles. The van der Waals surface area contributed by atoms with Gasteiger partial charge in [0.25, 0.3) is 0 Å². The number of hydrogen-bond donors (Lipinski definition) is 1. The quantitative estimate of drug-likeness (QED) is 0.930. The lowest BCUT2D eigenvalue weighted by Gasteiger charge is -2.35. The summed E-state index contributed by atoms with van der Waals surface area (Å²) in [5.41, 5.74) is 1.94. The van der Waals surface area contributed by atoms with Gasteiger partial charge in [-0.1, -0.05) is 12.1 Å². The first-order valence-electron chi connectivity index (χ1n) is 7.42. The molecule has 1 saturated carbocycles. The summed E-state index contributed by atoms with van der Waals surface area (Å²) in [4.78, 5) is 25.3. The Labute approximate surface area is 129 Å². The number of carbonyl (C=O) groups is 2. The van der Waals surface area contributed by atoms with Gasteiger partial charge in [-0.2, -0.15) is 0 Å². The number of rotatable bonds is 4. The van der Waals surface area contributed by atoms with Crippen LogP contribution in [-0.4, -0.2) is 29.0 Å². The van der Waals surface area contributed by atoms with Crippen molar-refractivity contribution in [3.8, 4) is 0 Å². The molecule has 4 nitrogen and oxygen atoms in total. The van der Waals surface area contributed by atoms with Gasteiger partial charge in [-0.25, -0.2) is 0 Å². The molecule has 1 aromatic rings. The number of thioether (sulfide) groups is 1. The molecule has 2 aliphatic rings. The zero-order chi connectivity index (χ0) is 14.8. The van der Waals surface area contributed by atoms with E-state index in [-0.39, 0.29) is 17.2 Å². The van der Waals surface area contributed by atoms with Crippen molar-refractivity contribution in [2.75, 3.05) is 17.6 Å². The highest BCUT2D eigenvalue weighted by Gasteiger charge is 2.34. The number of carbonyl (C=O) groups excluding carboxylic acids is 2. The summed E-state index contributed by atoms with van der Waals surface area (Å²) in [6.07, 6.45) is 3.16. The second kappa shape index (κ2) is 6.10. The molecule has 5 heteroatoms. The monoisotopic (exact) mass is 304 g/mol. The Morgan fingerprint density at radius 2 is 2.05 bits per heavy atom. The minimum atomic E-state index is -0.0691. The molecular weight excluding hydrogens is 284 g/mol. The molecule has 112 valence electrons. The van der Waals surface area contributed by atoms with Crippen LogP contribution in [0.1, 0.15) is 37.1 Å². The van der Waals surface area contributed by atoms with Crippen molar-refractivity contribution < 1.29 is 9.59 Å². The van der Waals surface area contributed by atoms with Crippen LogP contribution in [-0.2, 0) is 9.59 Å². The Balaban J connectivity index is 1.75. The summed E-state index contributed by atoms with van der Waals surface area (Å²) in [7, 11) is 0. The Kier molecular flexibility index (Phi) is 4.19. The van der Waals surface area contributed by atoms with Gasteiger partial charge in [-0.15, -0.1) is 11.8 Å². The normalized spacial score (nSPS) is 22.2. The number of benzene rings is 1. The van der Waals surface area contributed by atoms with Crippen LogP contribution in [0.15, 0.2) is 24.3 Å². The van der Waals surface area contributed by atoms with E-state index >= 15 is 0 Å². The Morgan fingerprint density at radius 1 is 1.33 bits per heavy atom. The van der Waals surface area contributed by atoms with E-state index in [1.54, 1.807) is 0 Å². The van der Waals surface area contributed by atoms with Crippen molar-refractivity contribution in [3.05, 3.63) is 29.8 Å². The van der Waals surface area contributed by atoms with Gasteiger partial charge in [-0.05, 0) is 36.5 Å². The molecular formula is C16H20N2O2S. The SMILES string of the molecule is CC(=O)Nc1ccc(C2SCCC(=O)N2CC2CC2)cc1. The molecule has 1 aliphatic carbocycles. The van der Waals surface area contributed by atoms with Gasteiger partial charge in [0.05, 0.1) is 0 Å². The van der Waals surface area contributed by atoms with Gasteiger partial charge in [0, 0.05) is 31.3 Å². The molecule has 1 aliphatic heterocycles. The third-order valence-electron chi connectivity index (χ3n) is 3.86. The molecule has 1 atom stereocenters. The second-order valence-corrected chi connectivity index (χ2v) is 6.95. The second-order valence-electron chi connectivity index (χ2n) is 5.77. The van der Waals surface area contributed by atoms with Crippen molar-refractivity contribution in [2.24, 2.45) is 5.92 Å². The lowest BCUT2D eigenvalue weighted by atomic mass is 10.1. The Bertz CT molecular complexity index is 540. The predicted molar refractivity (Wildman–Crippen MR) is 85.0 cm³/mol. The van der Waals surface area contributed by atoms with Crippen molar-refractivity contribution >= 4 is 29.3 Å². The summed E-state index contributed by atoms with van der Waals surface area (Å²) in [6, 6.07) is 7.85. The van der Waals surface area contributed by atoms with E-state index in [1.165, 1.54) is 19.8 Å².